The van der Waals surface area contributed by atoms with Gasteiger partial charge in [0, 0.05) is 25.1 Å². The molecule has 4 rings (SSSR count). The van der Waals surface area contributed by atoms with Crippen LogP contribution < -0.4 is 10.1 Å². The van der Waals surface area contributed by atoms with Crippen molar-refractivity contribution in [3.63, 3.8) is 0 Å². The van der Waals surface area contributed by atoms with E-state index in [0.29, 0.717) is 22.7 Å². The summed E-state index contributed by atoms with van der Waals surface area (Å²) in [5.41, 5.74) is 2.26. The molecule has 1 fully saturated rings. The number of carbonyl (C=O) groups is 1. The molecule has 0 spiro atoms. The molecule has 0 atom stereocenters. The van der Waals surface area contributed by atoms with Gasteiger partial charge in [-0.05, 0) is 59.4 Å². The van der Waals surface area contributed by atoms with E-state index in [1.807, 2.05) is 60.1 Å². The maximum absolute atomic E-state index is 12.1. The fourth-order valence-electron chi connectivity index (χ4n) is 2.90. The summed E-state index contributed by atoms with van der Waals surface area (Å²) in [6.45, 7) is 0.400. The van der Waals surface area contributed by atoms with E-state index in [1.54, 1.807) is 17.1 Å². The van der Waals surface area contributed by atoms with E-state index in [9.17, 15) is 4.79 Å². The maximum Gasteiger partial charge on any atom is 0.258 e. The van der Waals surface area contributed by atoms with Crippen LogP contribution in [0.25, 0.3) is 5.82 Å². The lowest BCUT2D eigenvalue weighted by Crippen LogP contribution is -2.28. The summed E-state index contributed by atoms with van der Waals surface area (Å²) >= 11 is 3.99. The van der Waals surface area contributed by atoms with E-state index >= 15 is 0 Å². The number of aromatic nitrogens is 3. The van der Waals surface area contributed by atoms with Crippen molar-refractivity contribution in [3.8, 4) is 11.6 Å². The minimum absolute atomic E-state index is 0.0105. The van der Waals surface area contributed by atoms with Gasteiger partial charge in [-0.3, -0.25) is 4.79 Å². The van der Waals surface area contributed by atoms with Gasteiger partial charge >= 0.3 is 0 Å². The largest absolute Gasteiger partial charge is 0.484 e. The third kappa shape index (κ3) is 5.55. The summed E-state index contributed by atoms with van der Waals surface area (Å²) in [5.74, 6) is 3.70. The van der Waals surface area contributed by atoms with Gasteiger partial charge in [0.2, 0.25) is 0 Å². The quantitative estimate of drug-likeness (QED) is 0.619. The highest BCUT2D eigenvalue weighted by atomic mass is 32.2. The number of carbonyl (C=O) groups excluding carboxylic acids is 1. The van der Waals surface area contributed by atoms with Gasteiger partial charge in [-0.25, -0.2) is 9.67 Å². The minimum atomic E-state index is -0.162. The molecule has 1 N–H and O–H groups in total. The highest BCUT2D eigenvalue weighted by Gasteiger charge is 2.16. The number of nitrogens with one attached hydrogen (secondary N) is 1. The highest BCUT2D eigenvalue weighted by molar-refractivity contribution is 8.16. The van der Waals surface area contributed by atoms with Crippen LogP contribution in [0.1, 0.15) is 22.1 Å². The molecule has 1 amide bonds. The molecular formula is C21H22N4O2S2. The Morgan fingerprint density at radius 2 is 2.00 bits per heavy atom. The van der Waals surface area contributed by atoms with E-state index in [-0.39, 0.29) is 12.5 Å². The molecule has 6 nitrogen and oxygen atoms in total. The maximum atomic E-state index is 12.1. The lowest BCUT2D eigenvalue weighted by Gasteiger charge is -2.21. The molecule has 3 aromatic rings. The number of pyridine rings is 1. The van der Waals surface area contributed by atoms with Crippen LogP contribution in [0.2, 0.25) is 0 Å². The van der Waals surface area contributed by atoms with Crippen LogP contribution in [-0.2, 0) is 11.3 Å². The summed E-state index contributed by atoms with van der Waals surface area (Å²) in [4.78, 5) is 16.4. The van der Waals surface area contributed by atoms with E-state index in [0.717, 1.165) is 5.56 Å². The zero-order valence-electron chi connectivity index (χ0n) is 15.9. The monoisotopic (exact) mass is 426 g/mol. The molecule has 3 heterocycles. The Labute approximate surface area is 178 Å². The summed E-state index contributed by atoms with van der Waals surface area (Å²) in [6.07, 6.45) is 6.52. The van der Waals surface area contributed by atoms with Gasteiger partial charge in [0.25, 0.3) is 5.91 Å². The molecule has 1 aliphatic rings. The van der Waals surface area contributed by atoms with Gasteiger partial charge in [0.1, 0.15) is 5.75 Å². The third-order valence-electron chi connectivity index (χ3n) is 4.39. The van der Waals surface area contributed by atoms with Crippen LogP contribution in [-0.4, -0.2) is 38.8 Å². The Balaban J connectivity index is 1.24. The van der Waals surface area contributed by atoms with Crippen molar-refractivity contribution in [2.24, 2.45) is 0 Å². The average Bonchev–Trinajstić information content (AvgIpc) is 3.33. The number of nitrogens with zero attached hydrogens (tertiary/aromatic N) is 3. The van der Waals surface area contributed by atoms with Crippen molar-refractivity contribution in [2.75, 3.05) is 18.1 Å². The van der Waals surface area contributed by atoms with Crippen molar-refractivity contribution in [1.29, 1.82) is 0 Å². The van der Waals surface area contributed by atoms with E-state index in [4.69, 9.17) is 4.74 Å². The Kier molecular flexibility index (Phi) is 6.74. The second-order valence-electron chi connectivity index (χ2n) is 6.53. The van der Waals surface area contributed by atoms with Crippen molar-refractivity contribution < 1.29 is 9.53 Å². The predicted molar refractivity (Wildman–Crippen MR) is 117 cm³/mol. The molecule has 1 saturated heterocycles. The van der Waals surface area contributed by atoms with Crippen molar-refractivity contribution in [2.45, 2.75) is 17.5 Å². The molecule has 2 aromatic heterocycles. The van der Waals surface area contributed by atoms with Crippen LogP contribution in [0.4, 0.5) is 0 Å². The summed E-state index contributed by atoms with van der Waals surface area (Å²) in [6, 6.07) is 13.7. The highest BCUT2D eigenvalue weighted by Crippen LogP contribution is 2.43. The van der Waals surface area contributed by atoms with Crippen LogP contribution in [0.5, 0.6) is 5.75 Å². The standard InChI is InChI=1S/C21H22N4O2S2/c26-20(23-14-16-7-9-22-19(13-16)25-10-1-8-24-25)15-27-18-5-3-17(4-6-18)21-28-11-2-12-29-21/h1,3-10,13,21H,2,11-12,14-15H2,(H,23,26). The van der Waals surface area contributed by atoms with Crippen molar-refractivity contribution >= 4 is 29.4 Å². The molecule has 0 bridgehead atoms. The smallest absolute Gasteiger partial charge is 0.258 e. The van der Waals surface area contributed by atoms with Crippen LogP contribution in [0, 0.1) is 0 Å². The molecule has 1 aromatic carbocycles. The lowest BCUT2D eigenvalue weighted by molar-refractivity contribution is -0.123. The third-order valence-corrected chi connectivity index (χ3v) is 7.40. The van der Waals surface area contributed by atoms with Gasteiger partial charge < -0.3 is 10.1 Å². The molecule has 0 aliphatic carbocycles. The molecule has 0 saturated carbocycles. The van der Waals surface area contributed by atoms with E-state index in [2.05, 4.69) is 27.5 Å². The lowest BCUT2D eigenvalue weighted by atomic mass is 10.2. The topological polar surface area (TPSA) is 69.0 Å². The summed E-state index contributed by atoms with van der Waals surface area (Å²) in [7, 11) is 0. The molecule has 1 aliphatic heterocycles. The van der Waals surface area contributed by atoms with Crippen LogP contribution in [0.15, 0.2) is 61.1 Å². The Bertz CT molecular complexity index is 926. The second kappa shape index (κ2) is 9.84. The summed E-state index contributed by atoms with van der Waals surface area (Å²) < 4.78 is 7.82. The minimum Gasteiger partial charge on any atom is -0.484 e. The first kappa shape index (κ1) is 19.8. The average molecular weight is 427 g/mol. The molecule has 29 heavy (non-hydrogen) atoms. The SMILES string of the molecule is O=C(COc1ccc(C2SCCCS2)cc1)NCc1ccnc(-n2cccn2)c1. The second-order valence-corrected chi connectivity index (χ2v) is 9.26. The zero-order chi connectivity index (χ0) is 19.9. The number of rotatable bonds is 7. The fourth-order valence-corrected chi connectivity index (χ4v) is 5.80. The van der Waals surface area contributed by atoms with Crippen molar-refractivity contribution in [1.82, 2.24) is 20.1 Å². The van der Waals surface area contributed by atoms with Crippen LogP contribution >= 0.6 is 23.5 Å². The molecule has 8 heteroatoms. The van der Waals surface area contributed by atoms with Gasteiger partial charge in [-0.1, -0.05) is 12.1 Å². The molecule has 0 unspecified atom stereocenters. The predicted octanol–water partition coefficient (Wildman–Crippen LogP) is 3.83. The Morgan fingerprint density at radius 3 is 2.76 bits per heavy atom. The summed E-state index contributed by atoms with van der Waals surface area (Å²) in [5, 5.41) is 7.04. The van der Waals surface area contributed by atoms with Gasteiger partial charge in [-0.2, -0.15) is 5.10 Å². The number of hydrogen-bond acceptors (Lipinski definition) is 6. The number of hydrogen-bond donors (Lipinski definition) is 1. The Hall–Kier alpha value is -2.45. The van der Waals surface area contributed by atoms with Crippen LogP contribution in [0.3, 0.4) is 0 Å². The number of amides is 1. The van der Waals surface area contributed by atoms with Gasteiger partial charge in [0.15, 0.2) is 12.4 Å². The van der Waals surface area contributed by atoms with E-state index < -0.39 is 0 Å². The number of ether oxygens (including phenoxy) is 1. The first-order chi connectivity index (χ1) is 14.3. The zero-order valence-corrected chi connectivity index (χ0v) is 17.5. The molecule has 0 radical (unpaired) electrons. The first-order valence-corrected chi connectivity index (χ1v) is 11.6. The number of thioether (sulfide) groups is 2. The van der Waals surface area contributed by atoms with Crippen molar-refractivity contribution in [3.05, 3.63) is 72.2 Å². The van der Waals surface area contributed by atoms with Gasteiger partial charge in [-0.15, -0.1) is 23.5 Å². The Morgan fingerprint density at radius 1 is 1.17 bits per heavy atom. The first-order valence-electron chi connectivity index (χ1n) is 9.45. The normalized spacial score (nSPS) is 14.5. The fraction of sp³-hybridized carbons (Fsp3) is 0.286. The molecular weight excluding hydrogens is 404 g/mol. The van der Waals surface area contributed by atoms with E-state index in [1.165, 1.54) is 23.5 Å². The van der Waals surface area contributed by atoms with Gasteiger partial charge in [0.05, 0.1) is 4.58 Å². The number of benzene rings is 1. The molecule has 150 valence electrons.